The van der Waals surface area contributed by atoms with Crippen LogP contribution in [0.1, 0.15) is 27.7 Å². The summed E-state index contributed by atoms with van der Waals surface area (Å²) in [5.41, 5.74) is 0.0339. The van der Waals surface area contributed by atoms with Gasteiger partial charge in [0.1, 0.15) is 0 Å². The third-order valence-corrected chi connectivity index (χ3v) is 12.2. The molecule has 0 saturated heterocycles. The third kappa shape index (κ3) is 3.35. The Bertz CT molecular complexity index is 194. The van der Waals surface area contributed by atoms with Crippen molar-refractivity contribution in [2.45, 2.75) is 33.8 Å². The van der Waals surface area contributed by atoms with E-state index in [9.17, 15) is 4.79 Å². The van der Waals surface area contributed by atoms with Crippen LogP contribution in [0, 0.1) is 0 Å². The van der Waals surface area contributed by atoms with Crippen LogP contribution >= 0.6 is 26.3 Å². The standard InChI is InChI=1S/C9H20IO2P/c1-6-13(5,10,7-2)9(11)12-8(3)4/h8H,6-7H2,1-5H3. The number of carbonyl (C=O) groups is 1. The van der Waals surface area contributed by atoms with E-state index in [1.54, 1.807) is 0 Å². The number of rotatable bonds is 4. The van der Waals surface area contributed by atoms with E-state index in [0.29, 0.717) is 0 Å². The van der Waals surface area contributed by atoms with Gasteiger partial charge in [0, 0.05) is 0 Å². The van der Waals surface area contributed by atoms with Crippen molar-refractivity contribution in [2.24, 2.45) is 0 Å². The molecule has 0 aliphatic carbocycles. The van der Waals surface area contributed by atoms with Gasteiger partial charge in [-0.2, -0.15) is 0 Å². The van der Waals surface area contributed by atoms with Gasteiger partial charge in [-0.15, -0.1) is 0 Å². The van der Waals surface area contributed by atoms with Gasteiger partial charge in [-0.25, -0.2) is 0 Å². The molecule has 0 spiro atoms. The third-order valence-electron chi connectivity index (χ3n) is 2.48. The second-order valence-corrected chi connectivity index (χ2v) is 17.8. The first kappa shape index (κ1) is 13.6. The summed E-state index contributed by atoms with van der Waals surface area (Å²) in [7, 11) is 0. The second kappa shape index (κ2) is 4.43. The van der Waals surface area contributed by atoms with E-state index in [0.717, 1.165) is 12.3 Å². The van der Waals surface area contributed by atoms with Crippen molar-refractivity contribution in [3.8, 4) is 0 Å². The summed E-state index contributed by atoms with van der Waals surface area (Å²) in [5, 5.41) is 0. The van der Waals surface area contributed by atoms with Crippen molar-refractivity contribution in [3.05, 3.63) is 0 Å². The molecular formula is C9H20IO2P. The minimum absolute atomic E-state index is 0.00168. The second-order valence-electron chi connectivity index (χ2n) is 3.95. The van der Waals surface area contributed by atoms with Crippen LogP contribution in [0.15, 0.2) is 0 Å². The molecule has 0 saturated carbocycles. The van der Waals surface area contributed by atoms with E-state index in [1.165, 1.54) is 0 Å². The van der Waals surface area contributed by atoms with Gasteiger partial charge in [-0.05, 0) is 0 Å². The van der Waals surface area contributed by atoms with Crippen LogP contribution in [0.3, 0.4) is 0 Å². The summed E-state index contributed by atoms with van der Waals surface area (Å²) < 4.78 is 3.09. The van der Waals surface area contributed by atoms with E-state index in [4.69, 9.17) is 4.74 Å². The van der Waals surface area contributed by atoms with Crippen LogP contribution in [-0.2, 0) is 4.74 Å². The van der Waals surface area contributed by atoms with Crippen molar-refractivity contribution >= 4 is 32.0 Å². The molecule has 0 aromatic rings. The van der Waals surface area contributed by atoms with E-state index in [2.05, 4.69) is 42.6 Å². The van der Waals surface area contributed by atoms with Crippen LogP contribution in [0.2, 0.25) is 0 Å². The van der Waals surface area contributed by atoms with Crippen molar-refractivity contribution in [1.82, 2.24) is 0 Å². The average Bonchev–Trinajstić information content (AvgIpc) is 2.04. The Morgan fingerprint density at radius 2 is 1.77 bits per heavy atom. The molecule has 0 aromatic heterocycles. The zero-order valence-electron chi connectivity index (χ0n) is 9.13. The molecule has 80 valence electrons. The normalized spacial score (nSPS) is 15.2. The molecule has 0 amide bonds. The Morgan fingerprint density at radius 1 is 1.38 bits per heavy atom. The molecule has 0 radical (unpaired) electrons. The molecule has 0 fully saturated rings. The fourth-order valence-corrected chi connectivity index (χ4v) is 2.64. The summed E-state index contributed by atoms with van der Waals surface area (Å²) in [6, 6.07) is 0. The summed E-state index contributed by atoms with van der Waals surface area (Å²) >= 11 is 2.35. The molecule has 4 heteroatoms. The maximum atomic E-state index is 11.9. The predicted octanol–water partition coefficient (Wildman–Crippen LogP) is 4.10. The maximum absolute atomic E-state index is 11.9. The molecule has 0 bridgehead atoms. The molecule has 2 nitrogen and oxygen atoms in total. The van der Waals surface area contributed by atoms with Gasteiger partial charge in [0.05, 0.1) is 0 Å². The summed E-state index contributed by atoms with van der Waals surface area (Å²) in [4.78, 5) is 11.9. The van der Waals surface area contributed by atoms with Crippen molar-refractivity contribution in [3.63, 3.8) is 0 Å². The molecule has 0 heterocycles. The van der Waals surface area contributed by atoms with Crippen molar-refractivity contribution in [2.75, 3.05) is 19.0 Å². The summed E-state index contributed by atoms with van der Waals surface area (Å²) in [5.74, 6) is 0. The van der Waals surface area contributed by atoms with Gasteiger partial charge in [-0.1, -0.05) is 0 Å². The molecule has 0 unspecified atom stereocenters. The molecule has 13 heavy (non-hydrogen) atoms. The van der Waals surface area contributed by atoms with Gasteiger partial charge in [0.15, 0.2) is 0 Å². The zero-order valence-corrected chi connectivity index (χ0v) is 12.2. The van der Waals surface area contributed by atoms with E-state index >= 15 is 0 Å². The van der Waals surface area contributed by atoms with Crippen LogP contribution in [0.25, 0.3) is 0 Å². The first-order chi connectivity index (χ1) is 5.75. The Morgan fingerprint density at radius 3 is 2.00 bits per heavy atom. The fraction of sp³-hybridized carbons (Fsp3) is 0.889. The first-order valence-electron chi connectivity index (χ1n) is 4.69. The first-order valence-corrected chi connectivity index (χ1v) is 10.5. The van der Waals surface area contributed by atoms with Gasteiger partial charge < -0.3 is 0 Å². The van der Waals surface area contributed by atoms with Crippen LogP contribution in [0.4, 0.5) is 4.79 Å². The van der Waals surface area contributed by atoms with E-state index < -0.39 is 4.25 Å². The van der Waals surface area contributed by atoms with Crippen LogP contribution in [0.5, 0.6) is 0 Å². The molecular weight excluding hydrogens is 298 g/mol. The van der Waals surface area contributed by atoms with Gasteiger partial charge >= 0.3 is 94.3 Å². The molecule has 0 aliphatic rings. The molecule has 0 aliphatic heterocycles. The monoisotopic (exact) mass is 318 g/mol. The van der Waals surface area contributed by atoms with Crippen LogP contribution in [-0.4, -0.2) is 30.8 Å². The molecule has 0 N–H and O–H groups in total. The van der Waals surface area contributed by atoms with Crippen molar-refractivity contribution in [1.29, 1.82) is 0 Å². The van der Waals surface area contributed by atoms with Gasteiger partial charge in [0.2, 0.25) is 0 Å². The summed E-state index contributed by atoms with van der Waals surface area (Å²) in [6.45, 7) is 10.1. The number of carbonyl (C=O) groups excluding carboxylic acids is 1. The number of hydrogen-bond donors (Lipinski definition) is 0. The average molecular weight is 318 g/mol. The Hall–Kier alpha value is 0.630. The molecule has 0 atom stereocenters. The number of ether oxygens (including phenoxy) is 1. The van der Waals surface area contributed by atoms with Gasteiger partial charge in [0.25, 0.3) is 0 Å². The number of halogens is 1. The van der Waals surface area contributed by atoms with Crippen LogP contribution < -0.4 is 0 Å². The molecule has 0 aromatic carbocycles. The quantitative estimate of drug-likeness (QED) is 0.576. The van der Waals surface area contributed by atoms with Crippen molar-refractivity contribution < 1.29 is 9.53 Å². The Labute approximate surface area is 94.2 Å². The van der Waals surface area contributed by atoms with Gasteiger partial charge in [-0.3, -0.25) is 0 Å². The predicted molar refractivity (Wildman–Crippen MR) is 69.6 cm³/mol. The Kier molecular flexibility index (Phi) is 4.65. The molecule has 0 rings (SSSR count). The minimum atomic E-state index is -2.22. The van der Waals surface area contributed by atoms with E-state index in [-0.39, 0.29) is 11.8 Å². The Balaban J connectivity index is 4.68. The summed E-state index contributed by atoms with van der Waals surface area (Å²) in [6.07, 6.45) is 1.85. The zero-order chi connectivity index (χ0) is 10.7. The SMILES string of the molecule is CCP(C)(I)(CC)C(=O)OC(C)C. The topological polar surface area (TPSA) is 26.3 Å². The van der Waals surface area contributed by atoms with E-state index in [1.807, 2.05) is 13.8 Å². The fourth-order valence-electron chi connectivity index (χ4n) is 0.831. The number of hydrogen-bond acceptors (Lipinski definition) is 2.